The highest BCUT2D eigenvalue weighted by atomic mass is 31.2. The maximum absolute atomic E-state index is 14.0. The summed E-state index contributed by atoms with van der Waals surface area (Å²) >= 11 is 0. The summed E-state index contributed by atoms with van der Waals surface area (Å²) in [7, 11) is -3.10. The number of hydrogen-bond acceptors (Lipinski definition) is 9. The molecule has 0 saturated carbocycles. The van der Waals surface area contributed by atoms with Crippen LogP contribution in [0.1, 0.15) is 20.3 Å². The number of ether oxygens (including phenoxy) is 1. The minimum atomic E-state index is -4.32. The van der Waals surface area contributed by atoms with E-state index in [1.54, 1.807) is 42.5 Å². The van der Waals surface area contributed by atoms with E-state index in [4.69, 9.17) is 18.2 Å². The Morgan fingerprint density at radius 3 is 2.31 bits per heavy atom. The van der Waals surface area contributed by atoms with Gasteiger partial charge in [-0.2, -0.15) is 5.09 Å². The van der Waals surface area contributed by atoms with Crippen molar-refractivity contribution < 1.29 is 37.8 Å². The number of rotatable bonds is 10. The van der Waals surface area contributed by atoms with E-state index < -0.39 is 30.9 Å². The summed E-state index contributed by atoms with van der Waals surface area (Å²) in [6, 6.07) is 15.5. The van der Waals surface area contributed by atoms with Crippen LogP contribution in [0.2, 0.25) is 0 Å². The molecular weight excluding hydrogens is 525 g/mol. The Hall–Kier alpha value is -4.27. The molecule has 0 aliphatic rings. The molecule has 1 aromatic heterocycles. The molecule has 0 saturated heterocycles. The van der Waals surface area contributed by atoms with Crippen LogP contribution in [-0.4, -0.2) is 29.3 Å². The van der Waals surface area contributed by atoms with E-state index in [0.29, 0.717) is 5.56 Å². The second-order valence-electron chi connectivity index (χ2n) is 9.17. The summed E-state index contributed by atoms with van der Waals surface area (Å²) in [5, 5.41) is 22.8. The lowest BCUT2D eigenvalue weighted by Crippen LogP contribution is -2.38. The normalized spacial score (nSPS) is 13.5. The van der Waals surface area contributed by atoms with Crippen LogP contribution in [0.25, 0.3) is 22.1 Å². The molecule has 3 N–H and O–H groups in total. The summed E-state index contributed by atoms with van der Waals surface area (Å²) in [6.45, 7) is 3.77. The van der Waals surface area contributed by atoms with E-state index in [-0.39, 0.29) is 46.1 Å². The molecule has 0 aliphatic carbocycles. The Labute approximate surface area is 224 Å². The molecule has 1 unspecified atom stereocenters. The average molecular weight is 554 g/mol. The third-order valence-electron chi connectivity index (χ3n) is 5.71. The summed E-state index contributed by atoms with van der Waals surface area (Å²) in [5.41, 5.74) is 0.0963. The third kappa shape index (κ3) is 6.60. The second-order valence-corrected chi connectivity index (χ2v) is 10.8. The summed E-state index contributed by atoms with van der Waals surface area (Å²) in [4.78, 5) is 25.6. The van der Waals surface area contributed by atoms with E-state index in [1.807, 2.05) is 13.8 Å². The topological polar surface area (TPSA) is 145 Å². The fourth-order valence-electron chi connectivity index (χ4n) is 3.94. The van der Waals surface area contributed by atoms with Crippen LogP contribution >= 0.6 is 7.75 Å². The molecule has 11 heteroatoms. The second kappa shape index (κ2) is 11.6. The van der Waals surface area contributed by atoms with Gasteiger partial charge in [-0.25, -0.2) is 4.57 Å². The smallest absolute Gasteiger partial charge is 0.508 e. The molecule has 0 fully saturated rings. The average Bonchev–Trinajstić information content (AvgIpc) is 2.88. The number of carbonyl (C=O) groups excluding carboxylic acids is 1. The first-order chi connectivity index (χ1) is 18.6. The number of para-hydroxylation sites is 1. The number of carbonyl (C=O) groups is 1. The van der Waals surface area contributed by atoms with Crippen LogP contribution in [0.3, 0.4) is 0 Å². The SMILES string of the molecule is COC(=O)[C@H](CC(C)C)NP(=O)(Oc1ccccc1)Oc1cc(O)c2c(=O)c(-c3ccc(O)cc3)coc2c1. The standard InChI is InChI=1S/C28H28NO9P/c1-17(2)13-23(28(33)35-3)29-39(34,37-20-7-5-4-6-8-20)38-21-14-24(31)26-25(15-21)36-16-22(27(26)32)18-9-11-19(30)12-10-18/h4-12,14-17,23,30-31H,13H2,1-3H3,(H,29,34)/t23-,39?/m0/s1. The van der Waals surface area contributed by atoms with Crippen molar-refractivity contribution >= 4 is 24.7 Å². The highest BCUT2D eigenvalue weighted by Crippen LogP contribution is 2.47. The number of aromatic hydroxyl groups is 2. The van der Waals surface area contributed by atoms with Gasteiger partial charge in [0.1, 0.15) is 46.3 Å². The zero-order chi connectivity index (χ0) is 28.2. The summed E-state index contributed by atoms with van der Waals surface area (Å²) in [6.07, 6.45) is 1.49. The van der Waals surface area contributed by atoms with Crippen molar-refractivity contribution in [2.45, 2.75) is 26.3 Å². The molecule has 2 atom stereocenters. The molecule has 1 heterocycles. The minimum Gasteiger partial charge on any atom is -0.508 e. The molecule has 3 aromatic carbocycles. The van der Waals surface area contributed by atoms with E-state index >= 15 is 0 Å². The molecule has 4 rings (SSSR count). The number of hydrogen-bond donors (Lipinski definition) is 3. The van der Waals surface area contributed by atoms with Gasteiger partial charge in [0.15, 0.2) is 0 Å². The number of phenolic OH excluding ortho intramolecular Hbond substituents is 2. The van der Waals surface area contributed by atoms with Gasteiger partial charge in [-0.05, 0) is 42.2 Å². The van der Waals surface area contributed by atoms with Crippen LogP contribution in [0, 0.1) is 5.92 Å². The predicted molar refractivity (Wildman–Crippen MR) is 145 cm³/mol. The minimum absolute atomic E-state index is 0.0320. The van der Waals surface area contributed by atoms with Crippen molar-refractivity contribution in [3.05, 3.63) is 83.2 Å². The van der Waals surface area contributed by atoms with Gasteiger partial charge in [-0.1, -0.05) is 44.2 Å². The predicted octanol–water partition coefficient (Wildman–Crippen LogP) is 5.61. The summed E-state index contributed by atoms with van der Waals surface area (Å²) in [5.74, 6) is -0.995. The van der Waals surface area contributed by atoms with Crippen LogP contribution in [0.4, 0.5) is 0 Å². The van der Waals surface area contributed by atoms with Crippen molar-refractivity contribution in [1.29, 1.82) is 0 Å². The fourth-order valence-corrected chi connectivity index (χ4v) is 5.45. The van der Waals surface area contributed by atoms with Crippen molar-refractivity contribution in [3.63, 3.8) is 0 Å². The largest absolute Gasteiger partial charge is 0.513 e. The van der Waals surface area contributed by atoms with Gasteiger partial charge in [0, 0.05) is 12.1 Å². The highest BCUT2D eigenvalue weighted by Gasteiger charge is 2.36. The van der Waals surface area contributed by atoms with Crippen molar-refractivity contribution in [2.75, 3.05) is 7.11 Å². The lowest BCUT2D eigenvalue weighted by atomic mass is 10.0. The maximum atomic E-state index is 14.0. The molecule has 39 heavy (non-hydrogen) atoms. The number of phenols is 2. The molecule has 0 bridgehead atoms. The van der Waals surface area contributed by atoms with Crippen LogP contribution in [0.15, 0.2) is 82.2 Å². The van der Waals surface area contributed by atoms with Gasteiger partial charge in [-0.3, -0.25) is 9.59 Å². The molecule has 0 aliphatic heterocycles. The van der Waals surface area contributed by atoms with E-state index in [9.17, 15) is 24.4 Å². The number of nitrogens with one attached hydrogen (secondary N) is 1. The number of esters is 1. The lowest BCUT2D eigenvalue weighted by Gasteiger charge is -2.25. The van der Waals surface area contributed by atoms with Crippen molar-refractivity contribution in [2.24, 2.45) is 5.92 Å². The monoisotopic (exact) mass is 553 g/mol. The van der Waals surface area contributed by atoms with E-state index in [0.717, 1.165) is 6.07 Å². The number of benzene rings is 3. The van der Waals surface area contributed by atoms with Gasteiger partial charge >= 0.3 is 13.7 Å². The highest BCUT2D eigenvalue weighted by molar-refractivity contribution is 7.52. The molecule has 4 aromatic rings. The third-order valence-corrected chi connectivity index (χ3v) is 7.24. The van der Waals surface area contributed by atoms with Gasteiger partial charge in [0.25, 0.3) is 0 Å². The Morgan fingerprint density at radius 2 is 1.67 bits per heavy atom. The van der Waals surface area contributed by atoms with Crippen molar-refractivity contribution in [1.82, 2.24) is 5.09 Å². The molecular formula is C28H28NO9P. The summed E-state index contributed by atoms with van der Waals surface area (Å²) < 4.78 is 35.9. The number of fused-ring (bicyclic) bond motifs is 1. The Morgan fingerprint density at radius 1 is 1.00 bits per heavy atom. The number of methoxy groups -OCH3 is 1. The fraction of sp³-hybridized carbons (Fsp3) is 0.214. The Balaban J connectivity index is 1.73. The van der Waals surface area contributed by atoms with Gasteiger partial charge < -0.3 is 28.4 Å². The molecule has 0 spiro atoms. The molecule has 10 nitrogen and oxygen atoms in total. The zero-order valence-corrected chi connectivity index (χ0v) is 22.4. The van der Waals surface area contributed by atoms with Crippen LogP contribution in [-0.2, 0) is 14.1 Å². The van der Waals surface area contributed by atoms with Crippen LogP contribution in [0.5, 0.6) is 23.0 Å². The first-order valence-corrected chi connectivity index (χ1v) is 13.6. The lowest BCUT2D eigenvalue weighted by molar-refractivity contribution is -0.143. The molecule has 204 valence electrons. The Kier molecular flexibility index (Phi) is 8.28. The maximum Gasteiger partial charge on any atom is 0.513 e. The van der Waals surface area contributed by atoms with Crippen molar-refractivity contribution in [3.8, 4) is 34.1 Å². The quantitative estimate of drug-likeness (QED) is 0.167. The van der Waals surface area contributed by atoms with Gasteiger partial charge in [0.2, 0.25) is 5.43 Å². The van der Waals surface area contributed by atoms with Gasteiger partial charge in [0.05, 0.1) is 12.7 Å². The molecule has 0 radical (unpaired) electrons. The first kappa shape index (κ1) is 27.8. The Bertz CT molecular complexity index is 1570. The molecule has 0 amide bonds. The van der Waals surface area contributed by atoms with E-state index in [2.05, 4.69) is 5.09 Å². The zero-order valence-electron chi connectivity index (χ0n) is 21.5. The van der Waals surface area contributed by atoms with E-state index in [1.165, 1.54) is 31.6 Å². The van der Waals surface area contributed by atoms with Crippen LogP contribution < -0.4 is 19.6 Å². The first-order valence-electron chi connectivity index (χ1n) is 12.1. The van der Waals surface area contributed by atoms with Gasteiger partial charge in [-0.15, -0.1) is 0 Å².